The molecule has 2 heterocycles. The third-order valence-electron chi connectivity index (χ3n) is 5.54. The molecule has 2 fully saturated rings. The fraction of sp³-hybridized carbons (Fsp3) is 0.364. The maximum absolute atomic E-state index is 13.7. The van der Waals surface area contributed by atoms with Crippen LogP contribution >= 0.6 is 0 Å². The van der Waals surface area contributed by atoms with E-state index in [0.29, 0.717) is 25.4 Å². The molecule has 2 aliphatic heterocycles. The van der Waals surface area contributed by atoms with Gasteiger partial charge in [0.1, 0.15) is 23.8 Å². The van der Waals surface area contributed by atoms with Crippen molar-refractivity contribution < 1.29 is 23.5 Å². The fourth-order valence-corrected chi connectivity index (χ4v) is 4.09. The van der Waals surface area contributed by atoms with Gasteiger partial charge in [-0.25, -0.2) is 4.39 Å². The second-order valence-corrected chi connectivity index (χ2v) is 7.46. The van der Waals surface area contributed by atoms with Crippen molar-refractivity contribution in [3.05, 3.63) is 59.9 Å². The van der Waals surface area contributed by atoms with Crippen molar-refractivity contribution in [2.45, 2.75) is 18.4 Å². The predicted octanol–water partition coefficient (Wildman–Crippen LogP) is 2.87. The van der Waals surface area contributed by atoms with E-state index < -0.39 is 11.4 Å². The third-order valence-corrected chi connectivity index (χ3v) is 5.54. The van der Waals surface area contributed by atoms with Gasteiger partial charge in [0.15, 0.2) is 0 Å². The van der Waals surface area contributed by atoms with Crippen LogP contribution < -0.4 is 9.64 Å². The molecule has 7 heteroatoms. The first kappa shape index (κ1) is 19.4. The smallest absolute Gasteiger partial charge is 0.257 e. The van der Waals surface area contributed by atoms with Gasteiger partial charge in [-0.15, -0.1) is 0 Å². The number of hydrogen-bond donors (Lipinski definition) is 0. The molecule has 0 aromatic heterocycles. The van der Waals surface area contributed by atoms with Gasteiger partial charge in [-0.1, -0.05) is 18.2 Å². The quantitative estimate of drug-likeness (QED) is 0.798. The summed E-state index contributed by atoms with van der Waals surface area (Å²) in [5.41, 5.74) is 0.366. The average Bonchev–Trinajstić information content (AvgIpc) is 2.76. The first-order valence-electron chi connectivity index (χ1n) is 9.63. The van der Waals surface area contributed by atoms with Crippen molar-refractivity contribution in [2.75, 3.05) is 38.3 Å². The molecule has 29 heavy (non-hydrogen) atoms. The minimum absolute atomic E-state index is 0.0276. The number of amides is 2. The van der Waals surface area contributed by atoms with Crippen LogP contribution in [-0.4, -0.2) is 55.7 Å². The van der Waals surface area contributed by atoms with E-state index >= 15 is 0 Å². The summed E-state index contributed by atoms with van der Waals surface area (Å²) in [4.78, 5) is 28.9. The molecule has 0 saturated carbocycles. The van der Waals surface area contributed by atoms with E-state index in [2.05, 4.69) is 0 Å². The molecular weight excluding hydrogens is 375 g/mol. The van der Waals surface area contributed by atoms with Crippen LogP contribution in [-0.2, 0) is 9.53 Å². The van der Waals surface area contributed by atoms with E-state index in [9.17, 15) is 14.0 Å². The van der Waals surface area contributed by atoms with Crippen molar-refractivity contribution in [3.63, 3.8) is 0 Å². The summed E-state index contributed by atoms with van der Waals surface area (Å²) < 4.78 is 25.0. The SMILES string of the molecule is COc1ccc(F)cc1C(=O)N1CCCC2(C1)CN(c1ccccc1)C(=O)CO2. The summed E-state index contributed by atoms with van der Waals surface area (Å²) in [6.45, 7) is 1.23. The molecule has 2 aromatic rings. The number of para-hydroxylation sites is 1. The number of carbonyl (C=O) groups excluding carboxylic acids is 2. The highest BCUT2D eigenvalue weighted by Gasteiger charge is 2.44. The van der Waals surface area contributed by atoms with Crippen molar-refractivity contribution in [1.29, 1.82) is 0 Å². The number of piperidine rings is 1. The number of likely N-dealkylation sites (tertiary alicyclic amines) is 1. The molecule has 4 rings (SSSR count). The highest BCUT2D eigenvalue weighted by molar-refractivity contribution is 5.97. The minimum Gasteiger partial charge on any atom is -0.496 e. The molecule has 0 aliphatic carbocycles. The van der Waals surface area contributed by atoms with Crippen LogP contribution in [0.5, 0.6) is 5.75 Å². The highest BCUT2D eigenvalue weighted by atomic mass is 19.1. The van der Waals surface area contributed by atoms with Crippen molar-refractivity contribution >= 4 is 17.5 Å². The lowest BCUT2D eigenvalue weighted by Gasteiger charge is -2.47. The van der Waals surface area contributed by atoms with Gasteiger partial charge in [0.05, 0.1) is 25.8 Å². The van der Waals surface area contributed by atoms with Gasteiger partial charge >= 0.3 is 0 Å². The number of anilines is 1. The maximum Gasteiger partial charge on any atom is 0.257 e. The number of methoxy groups -OCH3 is 1. The predicted molar refractivity (Wildman–Crippen MR) is 106 cm³/mol. The van der Waals surface area contributed by atoms with Crippen molar-refractivity contribution in [2.24, 2.45) is 0 Å². The average molecular weight is 398 g/mol. The van der Waals surface area contributed by atoms with E-state index in [1.54, 1.807) is 9.80 Å². The van der Waals surface area contributed by atoms with E-state index in [4.69, 9.17) is 9.47 Å². The number of morpholine rings is 1. The lowest BCUT2D eigenvalue weighted by molar-refractivity contribution is -0.144. The van der Waals surface area contributed by atoms with Gasteiger partial charge < -0.3 is 19.3 Å². The number of hydrogen-bond acceptors (Lipinski definition) is 4. The van der Waals surface area contributed by atoms with E-state index in [0.717, 1.165) is 18.5 Å². The summed E-state index contributed by atoms with van der Waals surface area (Å²) in [5, 5.41) is 0. The molecule has 2 saturated heterocycles. The van der Waals surface area contributed by atoms with Crippen LogP contribution in [0, 0.1) is 5.82 Å². The molecule has 152 valence electrons. The normalized spacial score (nSPS) is 22.1. The number of carbonyl (C=O) groups is 2. The van der Waals surface area contributed by atoms with Gasteiger partial charge in [-0.3, -0.25) is 9.59 Å². The number of nitrogens with zero attached hydrogens (tertiary/aromatic N) is 2. The standard InChI is InChI=1S/C22H23FN2O4/c1-28-19-9-8-16(23)12-18(19)21(27)24-11-5-10-22(14-24)15-25(20(26)13-29-22)17-6-3-2-4-7-17/h2-4,6-9,12H,5,10-11,13-15H2,1H3. The van der Waals surface area contributed by atoms with Gasteiger partial charge in [-0.2, -0.15) is 0 Å². The number of ether oxygens (including phenoxy) is 2. The maximum atomic E-state index is 13.7. The zero-order valence-electron chi connectivity index (χ0n) is 16.3. The van der Waals surface area contributed by atoms with Crippen LogP contribution in [0.25, 0.3) is 0 Å². The number of halogens is 1. The van der Waals surface area contributed by atoms with Gasteiger partial charge in [0, 0.05) is 12.2 Å². The Hall–Kier alpha value is -2.93. The second-order valence-electron chi connectivity index (χ2n) is 7.46. The summed E-state index contributed by atoms with van der Waals surface area (Å²) in [7, 11) is 1.45. The second kappa shape index (κ2) is 7.83. The third kappa shape index (κ3) is 3.82. The Morgan fingerprint density at radius 2 is 1.97 bits per heavy atom. The molecule has 2 amide bonds. The van der Waals surface area contributed by atoms with Crippen LogP contribution in [0.15, 0.2) is 48.5 Å². The lowest BCUT2D eigenvalue weighted by Crippen LogP contribution is -2.62. The molecule has 0 radical (unpaired) electrons. The summed E-state index contributed by atoms with van der Waals surface area (Å²) >= 11 is 0. The summed E-state index contributed by atoms with van der Waals surface area (Å²) in [6.07, 6.45) is 1.48. The number of rotatable bonds is 3. The molecule has 6 nitrogen and oxygen atoms in total. The summed E-state index contributed by atoms with van der Waals surface area (Å²) in [6, 6.07) is 13.4. The van der Waals surface area contributed by atoms with Crippen LogP contribution in [0.1, 0.15) is 23.2 Å². The molecule has 2 aromatic carbocycles. The molecular formula is C22H23FN2O4. The van der Waals surface area contributed by atoms with Crippen LogP contribution in [0.4, 0.5) is 10.1 Å². The Kier molecular flexibility index (Phi) is 5.24. The van der Waals surface area contributed by atoms with Crippen LogP contribution in [0.3, 0.4) is 0 Å². The molecule has 0 bridgehead atoms. The van der Waals surface area contributed by atoms with E-state index in [-0.39, 0.29) is 24.0 Å². The molecule has 2 aliphatic rings. The van der Waals surface area contributed by atoms with E-state index in [1.165, 1.54) is 25.3 Å². The molecule has 1 spiro atoms. The first-order valence-corrected chi connectivity index (χ1v) is 9.63. The van der Waals surface area contributed by atoms with Crippen molar-refractivity contribution in [1.82, 2.24) is 4.90 Å². The Bertz CT molecular complexity index is 920. The fourth-order valence-electron chi connectivity index (χ4n) is 4.09. The molecule has 1 atom stereocenters. The van der Waals surface area contributed by atoms with Gasteiger partial charge in [0.2, 0.25) is 0 Å². The Morgan fingerprint density at radius 1 is 1.17 bits per heavy atom. The zero-order chi connectivity index (χ0) is 20.4. The van der Waals surface area contributed by atoms with E-state index in [1.807, 2.05) is 30.3 Å². The van der Waals surface area contributed by atoms with Crippen molar-refractivity contribution in [3.8, 4) is 5.75 Å². The van der Waals surface area contributed by atoms with Gasteiger partial charge in [0.25, 0.3) is 11.8 Å². The molecule has 1 unspecified atom stereocenters. The Balaban J connectivity index is 1.57. The Labute approximate surface area is 168 Å². The lowest BCUT2D eigenvalue weighted by atomic mass is 9.90. The number of benzene rings is 2. The minimum atomic E-state index is -0.641. The zero-order valence-corrected chi connectivity index (χ0v) is 16.3. The van der Waals surface area contributed by atoms with Crippen LogP contribution in [0.2, 0.25) is 0 Å². The Morgan fingerprint density at radius 3 is 2.72 bits per heavy atom. The van der Waals surface area contributed by atoms with Gasteiger partial charge in [-0.05, 0) is 43.2 Å². The summed E-state index contributed by atoms with van der Waals surface area (Å²) in [5.74, 6) is -0.554. The first-order chi connectivity index (χ1) is 14.0. The largest absolute Gasteiger partial charge is 0.496 e. The monoisotopic (exact) mass is 398 g/mol. The topological polar surface area (TPSA) is 59.1 Å². The molecule has 0 N–H and O–H groups in total. The highest BCUT2D eigenvalue weighted by Crippen LogP contribution is 2.33.